The second kappa shape index (κ2) is 5.87. The molecular weight excluding hydrogens is 246 g/mol. The Morgan fingerprint density at radius 3 is 2.55 bits per heavy atom. The predicted molar refractivity (Wildman–Crippen MR) is 82.8 cm³/mol. The second-order valence-electron chi connectivity index (χ2n) is 6.83. The lowest BCUT2D eigenvalue weighted by Gasteiger charge is -2.38. The minimum absolute atomic E-state index is 0.340. The van der Waals surface area contributed by atoms with Crippen LogP contribution in [0.15, 0.2) is 18.2 Å². The lowest BCUT2D eigenvalue weighted by molar-refractivity contribution is 0.0506. The van der Waals surface area contributed by atoms with Gasteiger partial charge in [-0.2, -0.15) is 0 Å². The van der Waals surface area contributed by atoms with Crippen LogP contribution in [0.5, 0.6) is 0 Å². The summed E-state index contributed by atoms with van der Waals surface area (Å²) in [5.41, 5.74) is 3.58. The van der Waals surface area contributed by atoms with E-state index in [1.165, 1.54) is 49.8 Å². The first-order chi connectivity index (χ1) is 9.63. The summed E-state index contributed by atoms with van der Waals surface area (Å²) in [6.45, 7) is 6.20. The van der Waals surface area contributed by atoms with Crippen LogP contribution in [-0.2, 0) is 0 Å². The van der Waals surface area contributed by atoms with Crippen molar-refractivity contribution in [1.82, 2.24) is 4.90 Å². The van der Waals surface area contributed by atoms with Crippen LogP contribution in [-0.4, -0.2) is 29.1 Å². The van der Waals surface area contributed by atoms with Crippen LogP contribution >= 0.6 is 0 Å². The molecule has 1 heterocycles. The Kier molecular flexibility index (Phi) is 4.13. The van der Waals surface area contributed by atoms with E-state index in [1.54, 1.807) is 0 Å². The van der Waals surface area contributed by atoms with E-state index in [1.807, 2.05) is 0 Å². The molecule has 1 aliphatic carbocycles. The molecule has 1 saturated heterocycles. The first-order valence-electron chi connectivity index (χ1n) is 8.14. The van der Waals surface area contributed by atoms with Crippen molar-refractivity contribution in [3.05, 3.63) is 34.9 Å². The molecule has 2 aliphatic rings. The van der Waals surface area contributed by atoms with Crippen molar-refractivity contribution in [1.29, 1.82) is 0 Å². The normalized spacial score (nSPS) is 28.4. The lowest BCUT2D eigenvalue weighted by Crippen LogP contribution is -2.44. The molecule has 0 radical (unpaired) electrons. The number of fused-ring (bicyclic) bond motifs is 1. The molecule has 20 heavy (non-hydrogen) atoms. The Hall–Kier alpha value is -0.860. The molecule has 3 atom stereocenters. The summed E-state index contributed by atoms with van der Waals surface area (Å²) < 4.78 is 0. The maximum absolute atomic E-state index is 10.6. The zero-order valence-electron chi connectivity index (χ0n) is 12.8. The molecule has 0 amide bonds. The molecule has 1 aliphatic heterocycles. The number of aliphatic hydroxyl groups is 1. The van der Waals surface area contributed by atoms with Gasteiger partial charge in [-0.3, -0.25) is 4.90 Å². The van der Waals surface area contributed by atoms with E-state index in [2.05, 4.69) is 36.9 Å². The Bertz CT molecular complexity index is 450. The third kappa shape index (κ3) is 2.91. The van der Waals surface area contributed by atoms with Crippen molar-refractivity contribution in [2.45, 2.75) is 58.1 Å². The predicted octanol–water partition coefficient (Wildman–Crippen LogP) is 3.60. The number of β-amino-alcohol motifs (C(OH)–C–C–N with tert-alkyl or cyclic N) is 1. The molecule has 1 aromatic carbocycles. The fourth-order valence-electron chi connectivity index (χ4n) is 4.31. The van der Waals surface area contributed by atoms with Gasteiger partial charge in [-0.05, 0) is 57.6 Å². The van der Waals surface area contributed by atoms with E-state index in [-0.39, 0.29) is 6.10 Å². The standard InChI is InChI=1S/C18H27NO/c1-13-9-14(2)11-16(10-13)18(20)12-19-8-4-6-15-5-3-7-17(15)19/h9-11,15,17-18,20H,3-8,12H2,1-2H3. The number of hydrogen-bond acceptors (Lipinski definition) is 2. The van der Waals surface area contributed by atoms with Gasteiger partial charge in [0.05, 0.1) is 6.10 Å². The fraction of sp³-hybridized carbons (Fsp3) is 0.667. The van der Waals surface area contributed by atoms with Crippen molar-refractivity contribution in [3.8, 4) is 0 Å². The molecule has 2 nitrogen and oxygen atoms in total. The molecule has 1 saturated carbocycles. The van der Waals surface area contributed by atoms with Crippen LogP contribution < -0.4 is 0 Å². The maximum atomic E-state index is 10.6. The monoisotopic (exact) mass is 273 g/mol. The summed E-state index contributed by atoms with van der Waals surface area (Å²) in [4.78, 5) is 2.56. The molecule has 110 valence electrons. The molecule has 0 spiro atoms. The number of hydrogen-bond donors (Lipinski definition) is 1. The van der Waals surface area contributed by atoms with E-state index in [0.717, 1.165) is 24.1 Å². The number of piperidine rings is 1. The summed E-state index contributed by atoms with van der Waals surface area (Å²) in [5, 5.41) is 10.6. The van der Waals surface area contributed by atoms with Gasteiger partial charge < -0.3 is 5.11 Å². The number of aliphatic hydroxyl groups excluding tert-OH is 1. The highest BCUT2D eigenvalue weighted by molar-refractivity contribution is 5.30. The van der Waals surface area contributed by atoms with Crippen LogP contribution in [0.1, 0.15) is 54.9 Å². The molecule has 3 unspecified atom stereocenters. The van der Waals surface area contributed by atoms with Crippen LogP contribution in [0.2, 0.25) is 0 Å². The highest BCUT2D eigenvalue weighted by atomic mass is 16.3. The SMILES string of the molecule is Cc1cc(C)cc(C(O)CN2CCCC3CCCC32)c1. The number of likely N-dealkylation sites (tertiary alicyclic amines) is 1. The quantitative estimate of drug-likeness (QED) is 0.909. The van der Waals surface area contributed by atoms with Gasteiger partial charge in [-0.1, -0.05) is 35.7 Å². The smallest absolute Gasteiger partial charge is 0.0917 e. The molecule has 2 fully saturated rings. The zero-order chi connectivity index (χ0) is 14.1. The van der Waals surface area contributed by atoms with Gasteiger partial charge in [-0.15, -0.1) is 0 Å². The van der Waals surface area contributed by atoms with Crippen molar-refractivity contribution < 1.29 is 5.11 Å². The molecular formula is C18H27NO. The van der Waals surface area contributed by atoms with E-state index in [4.69, 9.17) is 0 Å². The van der Waals surface area contributed by atoms with Crippen LogP contribution in [0, 0.1) is 19.8 Å². The van der Waals surface area contributed by atoms with Gasteiger partial charge in [-0.25, -0.2) is 0 Å². The minimum Gasteiger partial charge on any atom is -0.387 e. The highest BCUT2D eigenvalue weighted by Gasteiger charge is 2.35. The molecule has 2 heteroatoms. The summed E-state index contributed by atoms with van der Waals surface area (Å²) in [5.74, 6) is 0.898. The molecule has 0 bridgehead atoms. The van der Waals surface area contributed by atoms with E-state index < -0.39 is 0 Å². The van der Waals surface area contributed by atoms with Crippen LogP contribution in [0.4, 0.5) is 0 Å². The van der Waals surface area contributed by atoms with Gasteiger partial charge in [0.2, 0.25) is 0 Å². The summed E-state index contributed by atoms with van der Waals surface area (Å²) in [6.07, 6.45) is 6.49. The Labute approximate surface area is 122 Å². The van der Waals surface area contributed by atoms with Crippen molar-refractivity contribution in [2.75, 3.05) is 13.1 Å². The van der Waals surface area contributed by atoms with Gasteiger partial charge >= 0.3 is 0 Å². The van der Waals surface area contributed by atoms with E-state index >= 15 is 0 Å². The van der Waals surface area contributed by atoms with Gasteiger partial charge in [0, 0.05) is 12.6 Å². The first-order valence-corrected chi connectivity index (χ1v) is 8.14. The Morgan fingerprint density at radius 2 is 1.80 bits per heavy atom. The molecule has 3 rings (SSSR count). The van der Waals surface area contributed by atoms with Crippen LogP contribution in [0.25, 0.3) is 0 Å². The first kappa shape index (κ1) is 14.1. The minimum atomic E-state index is -0.340. The maximum Gasteiger partial charge on any atom is 0.0917 e. The number of rotatable bonds is 3. The Morgan fingerprint density at radius 1 is 1.10 bits per heavy atom. The zero-order valence-corrected chi connectivity index (χ0v) is 12.8. The number of nitrogens with zero attached hydrogens (tertiary/aromatic N) is 1. The molecule has 1 aromatic rings. The third-order valence-electron chi connectivity index (χ3n) is 5.14. The topological polar surface area (TPSA) is 23.5 Å². The van der Waals surface area contributed by atoms with Gasteiger partial charge in [0.1, 0.15) is 0 Å². The van der Waals surface area contributed by atoms with Gasteiger partial charge in [0.25, 0.3) is 0 Å². The van der Waals surface area contributed by atoms with E-state index in [0.29, 0.717) is 0 Å². The Balaban J connectivity index is 1.70. The van der Waals surface area contributed by atoms with Crippen molar-refractivity contribution in [3.63, 3.8) is 0 Å². The highest BCUT2D eigenvalue weighted by Crippen LogP contribution is 2.37. The fourth-order valence-corrected chi connectivity index (χ4v) is 4.31. The largest absolute Gasteiger partial charge is 0.387 e. The van der Waals surface area contributed by atoms with E-state index in [9.17, 15) is 5.11 Å². The molecule has 0 aromatic heterocycles. The van der Waals surface area contributed by atoms with Gasteiger partial charge in [0.15, 0.2) is 0 Å². The summed E-state index contributed by atoms with van der Waals surface area (Å²) >= 11 is 0. The average molecular weight is 273 g/mol. The summed E-state index contributed by atoms with van der Waals surface area (Å²) in [6, 6.07) is 7.18. The van der Waals surface area contributed by atoms with Crippen LogP contribution in [0.3, 0.4) is 0 Å². The average Bonchev–Trinajstić information content (AvgIpc) is 2.87. The number of benzene rings is 1. The second-order valence-corrected chi connectivity index (χ2v) is 6.83. The molecule has 1 N–H and O–H groups in total. The number of aryl methyl sites for hydroxylation is 2. The summed E-state index contributed by atoms with van der Waals surface area (Å²) in [7, 11) is 0. The third-order valence-corrected chi connectivity index (χ3v) is 5.14. The lowest BCUT2D eigenvalue weighted by atomic mass is 9.91. The van der Waals surface area contributed by atoms with Crippen molar-refractivity contribution >= 4 is 0 Å². The van der Waals surface area contributed by atoms with Crippen molar-refractivity contribution in [2.24, 2.45) is 5.92 Å².